The highest BCUT2D eigenvalue weighted by Crippen LogP contribution is 2.28. The summed E-state index contributed by atoms with van der Waals surface area (Å²) < 4.78 is 26.0. The number of benzene rings is 2. The van der Waals surface area contributed by atoms with E-state index < -0.39 is 15.9 Å². The van der Waals surface area contributed by atoms with Gasteiger partial charge in [-0.15, -0.1) is 0 Å². The Morgan fingerprint density at radius 1 is 1.16 bits per heavy atom. The van der Waals surface area contributed by atoms with Crippen LogP contribution in [0.2, 0.25) is 10.0 Å². The van der Waals surface area contributed by atoms with Crippen molar-refractivity contribution in [2.45, 2.75) is 6.92 Å². The van der Waals surface area contributed by atoms with Crippen LogP contribution < -0.4 is 9.62 Å². The lowest BCUT2D eigenvalue weighted by molar-refractivity contribution is -0.114. The lowest BCUT2D eigenvalue weighted by atomic mass is 10.2. The van der Waals surface area contributed by atoms with Crippen LogP contribution in [0.3, 0.4) is 0 Å². The maximum absolute atomic E-state index is 12.3. The molecule has 0 spiro atoms. The van der Waals surface area contributed by atoms with Gasteiger partial charge in [-0.2, -0.15) is 0 Å². The number of nitrogens with zero attached hydrogens (tertiary/aromatic N) is 1. The van der Waals surface area contributed by atoms with Crippen molar-refractivity contribution in [2.24, 2.45) is 0 Å². The van der Waals surface area contributed by atoms with Crippen LogP contribution in [0.1, 0.15) is 5.56 Å². The number of amides is 1. The number of carbonyl (C=O) groups excluding carboxylic acids is 1. The summed E-state index contributed by atoms with van der Waals surface area (Å²) in [5.74, 6) is -0.474. The number of anilines is 2. The zero-order valence-corrected chi connectivity index (χ0v) is 17.3. The van der Waals surface area contributed by atoms with Crippen molar-refractivity contribution in [3.63, 3.8) is 0 Å². The molecule has 0 aliphatic heterocycles. The Hall–Kier alpha value is -1.28. The highest BCUT2D eigenvalue weighted by Gasteiger charge is 2.21. The molecule has 0 aliphatic rings. The third-order valence-electron chi connectivity index (χ3n) is 3.32. The second-order valence-electron chi connectivity index (χ2n) is 5.38. The van der Waals surface area contributed by atoms with Gasteiger partial charge in [0.05, 0.1) is 22.0 Å². The predicted molar refractivity (Wildman–Crippen MR) is 106 cm³/mol. The smallest absolute Gasteiger partial charge is 0.245 e. The van der Waals surface area contributed by atoms with Crippen LogP contribution >= 0.6 is 39.1 Å². The number of nitrogens with one attached hydrogen (secondary N) is 1. The zero-order valence-electron chi connectivity index (χ0n) is 13.4. The van der Waals surface area contributed by atoms with E-state index in [1.165, 1.54) is 18.2 Å². The Balaban J connectivity index is 2.23. The Morgan fingerprint density at radius 2 is 1.84 bits per heavy atom. The fraction of sp³-hybridized carbons (Fsp3) is 0.188. The first-order chi connectivity index (χ1) is 11.6. The average Bonchev–Trinajstić information content (AvgIpc) is 2.50. The van der Waals surface area contributed by atoms with Crippen molar-refractivity contribution >= 4 is 66.4 Å². The molecule has 1 amide bonds. The SMILES string of the molecule is Cc1cc(NC(=O)CN(c2ccc(Cl)c(Cl)c2)S(C)(=O)=O)ccc1Br. The van der Waals surface area contributed by atoms with Gasteiger partial charge in [0, 0.05) is 10.2 Å². The van der Waals surface area contributed by atoms with Crippen LogP contribution in [0.4, 0.5) is 11.4 Å². The van der Waals surface area contributed by atoms with E-state index in [0.717, 1.165) is 20.6 Å². The van der Waals surface area contributed by atoms with E-state index in [9.17, 15) is 13.2 Å². The molecule has 0 saturated heterocycles. The van der Waals surface area contributed by atoms with Crippen molar-refractivity contribution in [3.05, 3.63) is 56.5 Å². The fourth-order valence-corrected chi connectivity index (χ4v) is 3.48. The van der Waals surface area contributed by atoms with E-state index in [1.807, 2.05) is 6.92 Å². The summed E-state index contributed by atoms with van der Waals surface area (Å²) in [4.78, 5) is 12.3. The first kappa shape index (κ1) is 20.0. The molecule has 5 nitrogen and oxygen atoms in total. The lowest BCUT2D eigenvalue weighted by Gasteiger charge is -2.22. The van der Waals surface area contributed by atoms with E-state index in [1.54, 1.807) is 18.2 Å². The fourth-order valence-electron chi connectivity index (χ4n) is 2.09. The number of aryl methyl sites for hydroxylation is 1. The summed E-state index contributed by atoms with van der Waals surface area (Å²) >= 11 is 15.2. The monoisotopic (exact) mass is 464 g/mol. The largest absolute Gasteiger partial charge is 0.325 e. The molecule has 9 heteroatoms. The Bertz CT molecular complexity index is 920. The molecule has 25 heavy (non-hydrogen) atoms. The Kier molecular flexibility index (Phi) is 6.37. The third-order valence-corrected chi connectivity index (χ3v) is 6.09. The third kappa shape index (κ3) is 5.34. The Labute approximate surface area is 165 Å². The van der Waals surface area contributed by atoms with Gasteiger partial charge in [0.2, 0.25) is 15.9 Å². The van der Waals surface area contributed by atoms with Crippen LogP contribution in [0.15, 0.2) is 40.9 Å². The molecule has 0 aromatic heterocycles. The van der Waals surface area contributed by atoms with Crippen molar-refractivity contribution in [2.75, 3.05) is 22.4 Å². The second-order valence-corrected chi connectivity index (χ2v) is 8.96. The van der Waals surface area contributed by atoms with Gasteiger partial charge in [0.25, 0.3) is 0 Å². The van der Waals surface area contributed by atoms with E-state index in [4.69, 9.17) is 23.2 Å². The normalized spacial score (nSPS) is 11.2. The average molecular weight is 466 g/mol. The maximum Gasteiger partial charge on any atom is 0.245 e. The molecule has 134 valence electrons. The molecule has 2 aromatic carbocycles. The summed E-state index contributed by atoms with van der Waals surface area (Å²) in [5.41, 5.74) is 1.79. The molecule has 0 radical (unpaired) electrons. The van der Waals surface area contributed by atoms with Gasteiger partial charge in [-0.25, -0.2) is 8.42 Å². The second kappa shape index (κ2) is 7.95. The molecule has 0 bridgehead atoms. The number of carbonyl (C=O) groups is 1. The number of hydrogen-bond donors (Lipinski definition) is 1. The van der Waals surface area contributed by atoms with Crippen molar-refractivity contribution < 1.29 is 13.2 Å². The first-order valence-corrected chi connectivity index (χ1v) is 10.5. The molecular formula is C16H15BrCl2N2O3S. The summed E-state index contributed by atoms with van der Waals surface area (Å²) in [6, 6.07) is 9.69. The maximum atomic E-state index is 12.3. The molecule has 0 aliphatic carbocycles. The van der Waals surface area contributed by atoms with Gasteiger partial charge < -0.3 is 5.32 Å². The van der Waals surface area contributed by atoms with Gasteiger partial charge in [0.15, 0.2) is 0 Å². The van der Waals surface area contributed by atoms with Crippen molar-refractivity contribution in [1.82, 2.24) is 0 Å². The highest BCUT2D eigenvalue weighted by atomic mass is 79.9. The summed E-state index contributed by atoms with van der Waals surface area (Å²) in [5, 5.41) is 3.19. The summed E-state index contributed by atoms with van der Waals surface area (Å²) in [7, 11) is -3.69. The van der Waals surface area contributed by atoms with Crippen molar-refractivity contribution in [3.8, 4) is 0 Å². The number of halogens is 3. The van der Waals surface area contributed by atoms with Gasteiger partial charge in [-0.3, -0.25) is 9.10 Å². The topological polar surface area (TPSA) is 66.5 Å². The van der Waals surface area contributed by atoms with Crippen molar-refractivity contribution in [1.29, 1.82) is 0 Å². The van der Waals surface area contributed by atoms with Crippen LogP contribution in [-0.4, -0.2) is 27.1 Å². The van der Waals surface area contributed by atoms with E-state index in [0.29, 0.717) is 10.7 Å². The molecule has 0 saturated carbocycles. The number of sulfonamides is 1. The molecule has 0 heterocycles. The van der Waals surface area contributed by atoms with E-state index >= 15 is 0 Å². The lowest BCUT2D eigenvalue weighted by Crippen LogP contribution is -2.37. The molecule has 1 N–H and O–H groups in total. The van der Waals surface area contributed by atoms with Gasteiger partial charge in [-0.1, -0.05) is 39.1 Å². The minimum absolute atomic E-state index is 0.205. The predicted octanol–water partition coefficient (Wildman–Crippen LogP) is 4.47. The van der Waals surface area contributed by atoms with Gasteiger partial charge in [-0.05, 0) is 48.9 Å². The van der Waals surface area contributed by atoms with Crippen LogP contribution in [0.5, 0.6) is 0 Å². The quantitative estimate of drug-likeness (QED) is 0.708. The summed E-state index contributed by atoms with van der Waals surface area (Å²) in [6.07, 6.45) is 1.02. The molecule has 0 unspecified atom stereocenters. The van der Waals surface area contributed by atoms with Crippen LogP contribution in [0.25, 0.3) is 0 Å². The van der Waals surface area contributed by atoms with Crippen LogP contribution in [0, 0.1) is 6.92 Å². The van der Waals surface area contributed by atoms with Crippen LogP contribution in [-0.2, 0) is 14.8 Å². The van der Waals surface area contributed by atoms with Gasteiger partial charge in [0.1, 0.15) is 6.54 Å². The minimum Gasteiger partial charge on any atom is -0.325 e. The number of rotatable bonds is 5. The molecular weight excluding hydrogens is 451 g/mol. The first-order valence-electron chi connectivity index (χ1n) is 7.06. The van der Waals surface area contributed by atoms with E-state index in [-0.39, 0.29) is 17.3 Å². The molecule has 2 aromatic rings. The molecule has 2 rings (SSSR count). The molecule has 0 fully saturated rings. The standard InChI is InChI=1S/C16H15BrCl2N2O3S/c1-10-7-11(3-5-13(10)17)20-16(22)9-21(25(2,23)24)12-4-6-14(18)15(19)8-12/h3-8H,9H2,1-2H3,(H,20,22). The molecule has 0 atom stereocenters. The van der Waals surface area contributed by atoms with E-state index in [2.05, 4.69) is 21.2 Å². The van der Waals surface area contributed by atoms with Gasteiger partial charge >= 0.3 is 0 Å². The summed E-state index contributed by atoms with van der Waals surface area (Å²) in [6.45, 7) is 1.50. The highest BCUT2D eigenvalue weighted by molar-refractivity contribution is 9.10. The zero-order chi connectivity index (χ0) is 18.8. The number of hydrogen-bond acceptors (Lipinski definition) is 3. The Morgan fingerprint density at radius 3 is 2.40 bits per heavy atom. The minimum atomic E-state index is -3.69.